The Labute approximate surface area is 148 Å². The van der Waals surface area contributed by atoms with Crippen LogP contribution in [0, 0.1) is 13.8 Å². The molecule has 2 heterocycles. The highest BCUT2D eigenvalue weighted by atomic mass is 16.3. The molecule has 0 atom stereocenters. The number of aliphatic hydroxyl groups is 1. The number of fused-ring (bicyclic) bond motifs is 1. The van der Waals surface area contributed by atoms with Gasteiger partial charge in [-0.25, -0.2) is 4.98 Å². The Morgan fingerprint density at radius 2 is 1.88 bits per heavy atom. The molecule has 25 heavy (non-hydrogen) atoms. The first-order valence-corrected chi connectivity index (χ1v) is 8.83. The number of aliphatic hydroxyl groups excluding tert-OH is 1. The van der Waals surface area contributed by atoms with Crippen molar-refractivity contribution >= 4 is 11.6 Å². The molecule has 0 saturated carbocycles. The fraction of sp³-hybridized carbons (Fsp3) is 0.474. The lowest BCUT2D eigenvalue weighted by Crippen LogP contribution is -2.48. The van der Waals surface area contributed by atoms with Gasteiger partial charge in [0.2, 0.25) is 5.95 Å². The van der Waals surface area contributed by atoms with Crippen LogP contribution in [-0.4, -0.2) is 39.4 Å². The topological polar surface area (TPSA) is 61.6 Å². The molecule has 1 N–H and O–H groups in total. The fourth-order valence-corrected chi connectivity index (χ4v) is 3.13. The quantitative estimate of drug-likeness (QED) is 0.902. The van der Waals surface area contributed by atoms with E-state index in [1.165, 1.54) is 5.56 Å². The van der Waals surface area contributed by atoms with Crippen molar-refractivity contribution in [2.24, 2.45) is 0 Å². The Kier molecular flexibility index (Phi) is 5.20. The van der Waals surface area contributed by atoms with Crippen LogP contribution in [0.25, 0.3) is 0 Å². The summed E-state index contributed by atoms with van der Waals surface area (Å²) in [5.41, 5.74) is 3.77. The van der Waals surface area contributed by atoms with E-state index in [1.807, 2.05) is 13.8 Å². The van der Waals surface area contributed by atoms with Crippen LogP contribution < -0.4 is 10.5 Å². The van der Waals surface area contributed by atoms with Crippen LogP contribution >= 0.6 is 0 Å². The maximum Gasteiger partial charge on any atom is 0.259 e. The molecule has 0 bridgehead atoms. The van der Waals surface area contributed by atoms with Crippen molar-refractivity contribution in [1.29, 1.82) is 0 Å². The van der Waals surface area contributed by atoms with E-state index < -0.39 is 0 Å². The second-order valence-electron chi connectivity index (χ2n) is 6.56. The minimum absolute atomic E-state index is 0.00590. The van der Waals surface area contributed by atoms with E-state index >= 15 is 0 Å². The van der Waals surface area contributed by atoms with Gasteiger partial charge in [0.25, 0.3) is 5.56 Å². The lowest BCUT2D eigenvalue weighted by Gasteiger charge is -2.38. The maximum absolute atomic E-state index is 12.8. The molecule has 0 radical (unpaired) electrons. The van der Waals surface area contributed by atoms with Crippen molar-refractivity contribution in [1.82, 2.24) is 14.5 Å². The van der Waals surface area contributed by atoms with Crippen molar-refractivity contribution in [3.05, 3.63) is 51.4 Å². The summed E-state index contributed by atoms with van der Waals surface area (Å²) in [5, 5.41) is 9.15. The lowest BCUT2D eigenvalue weighted by molar-refractivity contribution is 0.175. The highest BCUT2D eigenvalue weighted by molar-refractivity contribution is 5.58. The van der Waals surface area contributed by atoms with E-state index in [4.69, 9.17) is 10.1 Å². The van der Waals surface area contributed by atoms with Crippen molar-refractivity contribution in [3.63, 3.8) is 0 Å². The summed E-state index contributed by atoms with van der Waals surface area (Å²) in [4.78, 5) is 21.7. The third kappa shape index (κ3) is 3.45. The summed E-state index contributed by atoms with van der Waals surface area (Å²) in [6, 6.07) is 8.40. The Balaban J connectivity index is 2.05. The molecule has 1 aliphatic heterocycles. The van der Waals surface area contributed by atoms with Gasteiger partial charge in [-0.1, -0.05) is 19.1 Å². The van der Waals surface area contributed by atoms with Gasteiger partial charge in [-0.05, 0) is 44.4 Å². The van der Waals surface area contributed by atoms with Crippen LogP contribution in [0.5, 0.6) is 0 Å². The van der Waals surface area contributed by atoms with Gasteiger partial charge >= 0.3 is 0 Å². The monoisotopic (exact) mass is 342 g/mol. The zero-order valence-corrected chi connectivity index (χ0v) is 15.2. The summed E-state index contributed by atoms with van der Waals surface area (Å²) < 4.78 is 1.73. The van der Waals surface area contributed by atoms with E-state index in [0.717, 1.165) is 24.3 Å². The first-order chi connectivity index (χ1) is 12.0. The number of hydrogen-bond acceptors (Lipinski definition) is 5. The van der Waals surface area contributed by atoms with E-state index in [9.17, 15) is 4.79 Å². The van der Waals surface area contributed by atoms with Gasteiger partial charge in [0.05, 0.1) is 13.3 Å². The zero-order chi connectivity index (χ0) is 18.0. The summed E-state index contributed by atoms with van der Waals surface area (Å²) in [5.74, 6) is 0.692. The molecule has 1 aliphatic rings. The molecule has 0 fully saturated rings. The highest BCUT2D eigenvalue weighted by Gasteiger charge is 2.26. The molecule has 0 spiro atoms. The van der Waals surface area contributed by atoms with Crippen molar-refractivity contribution in [3.8, 4) is 0 Å². The van der Waals surface area contributed by atoms with Gasteiger partial charge < -0.3 is 5.11 Å². The Morgan fingerprint density at radius 1 is 1.16 bits per heavy atom. The largest absolute Gasteiger partial charge is 0.396 e. The molecule has 3 rings (SSSR count). The van der Waals surface area contributed by atoms with E-state index in [2.05, 4.69) is 41.0 Å². The summed E-state index contributed by atoms with van der Waals surface area (Å²) in [7, 11) is 0. The van der Waals surface area contributed by atoms with Crippen LogP contribution in [0.3, 0.4) is 0 Å². The molecule has 0 amide bonds. The van der Waals surface area contributed by atoms with E-state index in [-0.39, 0.29) is 12.2 Å². The summed E-state index contributed by atoms with van der Waals surface area (Å²) in [6.45, 7) is 7.88. The smallest absolute Gasteiger partial charge is 0.259 e. The number of aromatic nitrogens is 2. The number of aryl methyl sites for hydroxylation is 2. The fourth-order valence-electron chi connectivity index (χ4n) is 3.13. The van der Waals surface area contributed by atoms with Gasteiger partial charge in [-0.2, -0.15) is 0 Å². The molecular weight excluding hydrogens is 316 g/mol. The van der Waals surface area contributed by atoms with E-state index in [0.29, 0.717) is 31.3 Å². The standard InChI is InChI=1S/C19H26N4O2/c1-4-16-6-8-17(9-7-16)22-12-21(10-5-11-24)13-23-18(25)14(2)15(3)20-19(22)23/h6-9,24H,4-5,10-13H2,1-3H3. The van der Waals surface area contributed by atoms with Crippen LogP contribution in [0.2, 0.25) is 0 Å². The molecule has 6 heteroatoms. The third-order valence-electron chi connectivity index (χ3n) is 4.83. The molecule has 0 unspecified atom stereocenters. The molecule has 0 aliphatic carbocycles. The van der Waals surface area contributed by atoms with Crippen LogP contribution in [0.4, 0.5) is 11.6 Å². The molecule has 1 aromatic carbocycles. The van der Waals surface area contributed by atoms with Crippen molar-refractivity contribution in [2.75, 3.05) is 24.7 Å². The van der Waals surface area contributed by atoms with Crippen LogP contribution in [0.1, 0.15) is 30.2 Å². The SMILES string of the molecule is CCc1ccc(N2CN(CCCO)Cn3c2nc(C)c(C)c3=O)cc1. The summed E-state index contributed by atoms with van der Waals surface area (Å²) >= 11 is 0. The van der Waals surface area contributed by atoms with Gasteiger partial charge in [0, 0.05) is 30.1 Å². The van der Waals surface area contributed by atoms with Gasteiger partial charge in [-0.15, -0.1) is 0 Å². The predicted octanol–water partition coefficient (Wildman–Crippen LogP) is 2.17. The second-order valence-corrected chi connectivity index (χ2v) is 6.56. The first-order valence-electron chi connectivity index (χ1n) is 8.83. The van der Waals surface area contributed by atoms with Gasteiger partial charge in [-0.3, -0.25) is 19.2 Å². The minimum atomic E-state index is 0.00590. The number of hydrogen-bond donors (Lipinski definition) is 1. The number of nitrogens with zero attached hydrogens (tertiary/aromatic N) is 4. The molecule has 1 aromatic heterocycles. The average molecular weight is 342 g/mol. The Hall–Kier alpha value is -2.18. The summed E-state index contributed by atoms with van der Waals surface area (Å²) in [6.07, 6.45) is 1.68. The Bertz CT molecular complexity index is 798. The Morgan fingerprint density at radius 3 is 2.52 bits per heavy atom. The molecule has 6 nitrogen and oxygen atoms in total. The van der Waals surface area contributed by atoms with Gasteiger partial charge in [0.15, 0.2) is 0 Å². The number of benzene rings is 1. The molecule has 134 valence electrons. The van der Waals surface area contributed by atoms with Gasteiger partial charge in [0.1, 0.15) is 0 Å². The average Bonchev–Trinajstić information content (AvgIpc) is 2.64. The van der Waals surface area contributed by atoms with Crippen molar-refractivity contribution in [2.45, 2.75) is 40.3 Å². The van der Waals surface area contributed by atoms with Crippen LogP contribution in [0.15, 0.2) is 29.1 Å². The molecule has 2 aromatic rings. The minimum Gasteiger partial charge on any atom is -0.396 e. The highest BCUT2D eigenvalue weighted by Crippen LogP contribution is 2.28. The molecule has 0 saturated heterocycles. The molecular formula is C19H26N4O2. The number of rotatable bonds is 5. The van der Waals surface area contributed by atoms with E-state index in [1.54, 1.807) is 4.57 Å². The normalized spacial score (nSPS) is 14.6. The zero-order valence-electron chi connectivity index (χ0n) is 15.2. The maximum atomic E-state index is 12.8. The predicted molar refractivity (Wildman–Crippen MR) is 99.2 cm³/mol. The van der Waals surface area contributed by atoms with Crippen molar-refractivity contribution < 1.29 is 5.11 Å². The first kappa shape index (κ1) is 17.6. The second kappa shape index (κ2) is 7.37. The van der Waals surface area contributed by atoms with Crippen LogP contribution in [-0.2, 0) is 13.1 Å². The lowest BCUT2D eigenvalue weighted by atomic mass is 10.1. The number of anilines is 2. The third-order valence-corrected chi connectivity index (χ3v) is 4.83.